The van der Waals surface area contributed by atoms with Gasteiger partial charge in [0, 0.05) is 11.7 Å². The maximum absolute atomic E-state index is 13.6. The van der Waals surface area contributed by atoms with Gasteiger partial charge in [-0.2, -0.15) is 0 Å². The lowest BCUT2D eigenvalue weighted by atomic mass is 10.1. The molecule has 4 N–H and O–H groups in total. The third kappa shape index (κ3) is 4.03. The van der Waals surface area contributed by atoms with Gasteiger partial charge in [-0.25, -0.2) is 9.18 Å². The summed E-state index contributed by atoms with van der Waals surface area (Å²) in [6.07, 6.45) is 0. The molecule has 2 aromatic rings. The number of carbonyl (C=O) groups is 1. The van der Waals surface area contributed by atoms with Crippen LogP contribution in [-0.2, 0) is 0 Å². The van der Waals surface area contributed by atoms with Crippen LogP contribution >= 0.6 is 0 Å². The van der Waals surface area contributed by atoms with Gasteiger partial charge in [0.1, 0.15) is 5.82 Å². The summed E-state index contributed by atoms with van der Waals surface area (Å²) < 4.78 is 13.6. The van der Waals surface area contributed by atoms with Crippen molar-refractivity contribution in [2.24, 2.45) is 5.73 Å². The van der Waals surface area contributed by atoms with Gasteiger partial charge in [-0.1, -0.05) is 18.2 Å². The van der Waals surface area contributed by atoms with E-state index < -0.39 is 11.8 Å². The summed E-state index contributed by atoms with van der Waals surface area (Å²) in [7, 11) is 0. The number of hydrogen-bond acceptors (Lipinski definition) is 2. The second-order valence-electron chi connectivity index (χ2n) is 4.98. The SMILES string of the molecule is Cc1ccc(F)c(NC(=O)Nc2cccc(C(C)N)c2)c1. The van der Waals surface area contributed by atoms with Crippen molar-refractivity contribution in [3.63, 3.8) is 0 Å². The summed E-state index contributed by atoms with van der Waals surface area (Å²) in [6, 6.07) is 11.1. The lowest BCUT2D eigenvalue weighted by Gasteiger charge is -2.11. The Hall–Kier alpha value is -2.40. The number of benzene rings is 2. The Bertz CT molecular complexity index is 656. The van der Waals surface area contributed by atoms with Crippen LogP contribution in [0.5, 0.6) is 0 Å². The molecule has 1 atom stereocenters. The Morgan fingerprint density at radius 3 is 2.67 bits per heavy atom. The second-order valence-corrected chi connectivity index (χ2v) is 4.98. The molecule has 0 saturated heterocycles. The molecule has 4 nitrogen and oxygen atoms in total. The lowest BCUT2D eigenvalue weighted by Crippen LogP contribution is -2.20. The van der Waals surface area contributed by atoms with Crippen LogP contribution in [0.3, 0.4) is 0 Å². The normalized spacial score (nSPS) is 11.8. The topological polar surface area (TPSA) is 67.2 Å². The molecule has 2 rings (SSSR count). The Balaban J connectivity index is 2.08. The van der Waals surface area contributed by atoms with Crippen LogP contribution in [-0.4, -0.2) is 6.03 Å². The predicted octanol–water partition coefficient (Wildman–Crippen LogP) is 3.80. The summed E-state index contributed by atoms with van der Waals surface area (Å²) in [5.41, 5.74) is 8.33. The highest BCUT2D eigenvalue weighted by atomic mass is 19.1. The zero-order chi connectivity index (χ0) is 15.4. The van der Waals surface area contributed by atoms with Crippen molar-refractivity contribution in [1.29, 1.82) is 0 Å². The first-order valence-electron chi connectivity index (χ1n) is 6.65. The van der Waals surface area contributed by atoms with Gasteiger partial charge in [-0.3, -0.25) is 0 Å². The molecule has 0 saturated carbocycles. The molecule has 0 radical (unpaired) electrons. The van der Waals surface area contributed by atoms with Crippen molar-refractivity contribution in [3.05, 3.63) is 59.4 Å². The zero-order valence-corrected chi connectivity index (χ0v) is 12.0. The summed E-state index contributed by atoms with van der Waals surface area (Å²) in [6.45, 7) is 3.69. The van der Waals surface area contributed by atoms with Crippen LogP contribution in [0.2, 0.25) is 0 Å². The van der Waals surface area contributed by atoms with E-state index in [1.807, 2.05) is 26.0 Å². The fourth-order valence-electron chi connectivity index (χ4n) is 1.92. The molecule has 2 aromatic carbocycles. The standard InChI is InChI=1S/C16H18FN3O/c1-10-6-7-14(17)15(8-10)20-16(21)19-13-5-3-4-12(9-13)11(2)18/h3-9,11H,18H2,1-2H3,(H2,19,20,21). The van der Waals surface area contributed by atoms with E-state index in [1.54, 1.807) is 24.3 Å². The number of nitrogens with one attached hydrogen (secondary N) is 2. The molecule has 0 aliphatic rings. The number of carbonyl (C=O) groups excluding carboxylic acids is 1. The molecule has 21 heavy (non-hydrogen) atoms. The lowest BCUT2D eigenvalue weighted by molar-refractivity contribution is 0.262. The summed E-state index contributed by atoms with van der Waals surface area (Å²) in [5, 5.41) is 5.15. The monoisotopic (exact) mass is 287 g/mol. The van der Waals surface area contributed by atoms with Crippen LogP contribution in [0.4, 0.5) is 20.6 Å². The van der Waals surface area contributed by atoms with Crippen molar-refractivity contribution in [1.82, 2.24) is 0 Å². The van der Waals surface area contributed by atoms with E-state index in [0.717, 1.165) is 11.1 Å². The van der Waals surface area contributed by atoms with Gasteiger partial charge in [0.15, 0.2) is 0 Å². The van der Waals surface area contributed by atoms with Gasteiger partial charge in [0.2, 0.25) is 0 Å². The van der Waals surface area contributed by atoms with Crippen molar-refractivity contribution in [2.75, 3.05) is 10.6 Å². The number of amides is 2. The Labute approximate surface area is 123 Å². The molecule has 0 aromatic heterocycles. The first-order chi connectivity index (χ1) is 9.95. The number of hydrogen-bond donors (Lipinski definition) is 3. The highest BCUT2D eigenvalue weighted by Gasteiger charge is 2.08. The van der Waals surface area contributed by atoms with Gasteiger partial charge in [0.05, 0.1) is 5.69 Å². The van der Waals surface area contributed by atoms with Gasteiger partial charge in [-0.15, -0.1) is 0 Å². The number of anilines is 2. The van der Waals surface area contributed by atoms with E-state index in [0.29, 0.717) is 5.69 Å². The molecule has 110 valence electrons. The van der Waals surface area contributed by atoms with E-state index >= 15 is 0 Å². The van der Waals surface area contributed by atoms with Crippen LogP contribution in [0.15, 0.2) is 42.5 Å². The summed E-state index contributed by atoms with van der Waals surface area (Å²) in [4.78, 5) is 11.9. The number of halogens is 1. The molecule has 2 amide bonds. The molecule has 1 unspecified atom stereocenters. The fraction of sp³-hybridized carbons (Fsp3) is 0.188. The minimum Gasteiger partial charge on any atom is -0.324 e. The van der Waals surface area contributed by atoms with Gasteiger partial charge in [0.25, 0.3) is 0 Å². The minimum atomic E-state index is -0.499. The first-order valence-corrected chi connectivity index (χ1v) is 6.65. The molecular weight excluding hydrogens is 269 g/mol. The van der Waals surface area contributed by atoms with Gasteiger partial charge in [-0.05, 0) is 49.2 Å². The number of nitrogens with two attached hydrogens (primary N) is 1. The highest BCUT2D eigenvalue weighted by molar-refractivity contribution is 5.99. The number of aryl methyl sites for hydroxylation is 1. The number of rotatable bonds is 3. The fourth-order valence-corrected chi connectivity index (χ4v) is 1.92. The van der Waals surface area contributed by atoms with E-state index in [9.17, 15) is 9.18 Å². The van der Waals surface area contributed by atoms with Crippen LogP contribution in [0.1, 0.15) is 24.1 Å². The number of urea groups is 1. The molecule has 0 bridgehead atoms. The van der Waals surface area contributed by atoms with Crippen LogP contribution < -0.4 is 16.4 Å². The Morgan fingerprint density at radius 1 is 1.19 bits per heavy atom. The average molecular weight is 287 g/mol. The van der Waals surface area contributed by atoms with Crippen molar-refractivity contribution in [3.8, 4) is 0 Å². The zero-order valence-electron chi connectivity index (χ0n) is 12.0. The quantitative estimate of drug-likeness (QED) is 0.803. The first kappa shape index (κ1) is 15.0. The summed E-state index contributed by atoms with van der Waals surface area (Å²) >= 11 is 0. The van der Waals surface area contributed by atoms with Gasteiger partial charge >= 0.3 is 6.03 Å². The molecule has 5 heteroatoms. The average Bonchev–Trinajstić information content (AvgIpc) is 2.43. The van der Waals surface area contributed by atoms with Crippen molar-refractivity contribution in [2.45, 2.75) is 19.9 Å². The molecule has 0 heterocycles. The molecular formula is C16H18FN3O. The van der Waals surface area contributed by atoms with Crippen LogP contribution in [0.25, 0.3) is 0 Å². The second kappa shape index (κ2) is 6.37. The molecule has 0 spiro atoms. The van der Waals surface area contributed by atoms with E-state index in [-0.39, 0.29) is 11.7 Å². The third-order valence-electron chi connectivity index (χ3n) is 3.04. The van der Waals surface area contributed by atoms with Crippen molar-refractivity contribution >= 4 is 17.4 Å². The predicted molar refractivity (Wildman–Crippen MR) is 82.8 cm³/mol. The molecule has 0 aliphatic heterocycles. The molecule has 0 aliphatic carbocycles. The third-order valence-corrected chi connectivity index (χ3v) is 3.04. The maximum atomic E-state index is 13.6. The van der Waals surface area contributed by atoms with Crippen LogP contribution in [0, 0.1) is 12.7 Å². The van der Waals surface area contributed by atoms with E-state index in [1.165, 1.54) is 6.07 Å². The smallest absolute Gasteiger partial charge is 0.323 e. The Morgan fingerprint density at radius 2 is 1.95 bits per heavy atom. The Kier molecular flexibility index (Phi) is 4.55. The minimum absolute atomic E-state index is 0.121. The van der Waals surface area contributed by atoms with E-state index in [2.05, 4.69) is 10.6 Å². The maximum Gasteiger partial charge on any atom is 0.323 e. The largest absolute Gasteiger partial charge is 0.324 e. The van der Waals surface area contributed by atoms with E-state index in [4.69, 9.17) is 5.73 Å². The van der Waals surface area contributed by atoms with Crippen molar-refractivity contribution < 1.29 is 9.18 Å². The summed E-state index contributed by atoms with van der Waals surface area (Å²) in [5.74, 6) is -0.472. The highest BCUT2D eigenvalue weighted by Crippen LogP contribution is 2.18. The van der Waals surface area contributed by atoms with Gasteiger partial charge < -0.3 is 16.4 Å². The molecule has 0 fully saturated rings.